The third kappa shape index (κ3) is 4.83. The van der Waals surface area contributed by atoms with Gasteiger partial charge in [0.1, 0.15) is 11.5 Å². The maximum absolute atomic E-state index is 12.4. The van der Waals surface area contributed by atoms with E-state index in [2.05, 4.69) is 5.32 Å². The van der Waals surface area contributed by atoms with Crippen molar-refractivity contribution in [1.82, 2.24) is 5.32 Å². The van der Waals surface area contributed by atoms with Crippen LogP contribution >= 0.6 is 0 Å². The van der Waals surface area contributed by atoms with Crippen molar-refractivity contribution in [2.75, 3.05) is 7.11 Å². The molecule has 0 spiro atoms. The Hall–Kier alpha value is -2.82. The molecule has 1 amide bonds. The summed E-state index contributed by atoms with van der Waals surface area (Å²) in [6, 6.07) is 14.5. The normalized spacial score (nSPS) is 12.8. The number of carbonyl (C=O) groups excluding carboxylic acids is 2. The molecule has 0 radical (unpaired) electrons. The first-order valence-corrected chi connectivity index (χ1v) is 8.13. The lowest BCUT2D eigenvalue weighted by atomic mass is 10.1. The summed E-state index contributed by atoms with van der Waals surface area (Å²) in [7, 11) is 1.53. The van der Waals surface area contributed by atoms with Gasteiger partial charge in [0.25, 0.3) is 5.91 Å². The summed E-state index contributed by atoms with van der Waals surface area (Å²) in [5.41, 5.74) is 1.42. The zero-order valence-electron chi connectivity index (χ0n) is 14.9. The van der Waals surface area contributed by atoms with Crippen LogP contribution in [0.25, 0.3) is 0 Å². The zero-order valence-corrected chi connectivity index (χ0v) is 14.9. The molecular weight excluding hydrogens is 318 g/mol. The second-order valence-corrected chi connectivity index (χ2v) is 5.82. The van der Waals surface area contributed by atoms with Crippen molar-refractivity contribution in [2.45, 2.75) is 32.9 Å². The molecule has 25 heavy (non-hydrogen) atoms. The number of ketones is 1. The van der Waals surface area contributed by atoms with Crippen LogP contribution in [0.15, 0.2) is 48.5 Å². The number of Topliss-reactive ketones (excluding diaryl/α,β-unsaturated/α-hetero) is 1. The van der Waals surface area contributed by atoms with Crippen molar-refractivity contribution in [1.29, 1.82) is 0 Å². The summed E-state index contributed by atoms with van der Waals surface area (Å²) in [4.78, 5) is 24.2. The quantitative estimate of drug-likeness (QED) is 0.782. The number of nitrogens with one attached hydrogen (secondary N) is 1. The Balaban J connectivity index is 2.09. The number of ether oxygens (including phenoxy) is 2. The fourth-order valence-electron chi connectivity index (χ4n) is 2.42. The lowest BCUT2D eigenvalue weighted by molar-refractivity contribution is -0.127. The van der Waals surface area contributed by atoms with E-state index in [1.807, 2.05) is 37.3 Å². The molecule has 0 aliphatic rings. The molecule has 0 heterocycles. The first-order valence-electron chi connectivity index (χ1n) is 8.13. The van der Waals surface area contributed by atoms with E-state index in [1.54, 1.807) is 25.1 Å². The molecule has 132 valence electrons. The summed E-state index contributed by atoms with van der Waals surface area (Å²) < 4.78 is 10.9. The van der Waals surface area contributed by atoms with E-state index < -0.39 is 6.10 Å². The lowest BCUT2D eigenvalue weighted by Crippen LogP contribution is -2.38. The van der Waals surface area contributed by atoms with E-state index in [0.29, 0.717) is 17.1 Å². The molecule has 0 aliphatic heterocycles. The summed E-state index contributed by atoms with van der Waals surface area (Å²) in [6.07, 6.45) is -0.753. The Bertz CT molecular complexity index is 743. The van der Waals surface area contributed by atoms with Gasteiger partial charge in [0, 0.05) is 6.07 Å². The molecule has 0 unspecified atom stereocenters. The van der Waals surface area contributed by atoms with Gasteiger partial charge < -0.3 is 14.8 Å². The number of methoxy groups -OCH3 is 1. The van der Waals surface area contributed by atoms with Gasteiger partial charge in [-0.15, -0.1) is 0 Å². The van der Waals surface area contributed by atoms with Crippen LogP contribution in [-0.4, -0.2) is 24.9 Å². The van der Waals surface area contributed by atoms with Crippen LogP contribution < -0.4 is 14.8 Å². The predicted molar refractivity (Wildman–Crippen MR) is 96.1 cm³/mol. The van der Waals surface area contributed by atoms with Crippen LogP contribution in [0.4, 0.5) is 0 Å². The molecule has 5 heteroatoms. The zero-order chi connectivity index (χ0) is 18.4. The van der Waals surface area contributed by atoms with Crippen LogP contribution in [0.5, 0.6) is 11.5 Å². The molecule has 0 aliphatic carbocycles. The fraction of sp³-hybridized carbons (Fsp3) is 0.300. The molecule has 2 aromatic rings. The number of rotatable bonds is 7. The van der Waals surface area contributed by atoms with E-state index in [4.69, 9.17) is 9.47 Å². The number of hydrogen-bond donors (Lipinski definition) is 1. The first-order chi connectivity index (χ1) is 11.9. The monoisotopic (exact) mass is 341 g/mol. The molecular formula is C20H23NO4. The van der Waals surface area contributed by atoms with Gasteiger partial charge in [-0.2, -0.15) is 0 Å². The van der Waals surface area contributed by atoms with Gasteiger partial charge in [-0.1, -0.05) is 30.3 Å². The Morgan fingerprint density at radius 1 is 1.04 bits per heavy atom. The van der Waals surface area contributed by atoms with Gasteiger partial charge in [-0.25, -0.2) is 0 Å². The average Bonchev–Trinajstić information content (AvgIpc) is 2.61. The summed E-state index contributed by atoms with van der Waals surface area (Å²) in [5.74, 6) is 0.503. The number of carbonyl (C=O) groups is 2. The number of benzene rings is 2. The molecule has 1 N–H and O–H groups in total. The van der Waals surface area contributed by atoms with E-state index in [9.17, 15) is 9.59 Å². The Morgan fingerprint density at radius 3 is 2.32 bits per heavy atom. The second kappa shape index (κ2) is 8.33. The minimum Gasteiger partial charge on any atom is -0.497 e. The molecule has 0 saturated carbocycles. The van der Waals surface area contributed by atoms with Crippen molar-refractivity contribution in [3.63, 3.8) is 0 Å². The standard InChI is InChI=1S/C20H23NO4/c1-13(16-8-6-5-7-9-16)21-20(23)15(3)25-19-12-17(24-4)10-11-18(19)14(2)22/h5-13,15H,1-4H3,(H,21,23)/t13-,15-/m0/s1. The predicted octanol–water partition coefficient (Wildman–Crippen LogP) is 3.54. The third-order valence-electron chi connectivity index (χ3n) is 3.90. The maximum Gasteiger partial charge on any atom is 0.261 e. The first kappa shape index (κ1) is 18.5. The summed E-state index contributed by atoms with van der Waals surface area (Å²) in [6.45, 7) is 5.01. The molecule has 0 aromatic heterocycles. The smallest absolute Gasteiger partial charge is 0.261 e. The van der Waals surface area contributed by atoms with Crippen LogP contribution in [0.1, 0.15) is 42.7 Å². The molecule has 2 aromatic carbocycles. The van der Waals surface area contributed by atoms with Gasteiger partial charge in [-0.05, 0) is 38.5 Å². The van der Waals surface area contributed by atoms with E-state index in [-0.39, 0.29) is 17.7 Å². The highest BCUT2D eigenvalue weighted by molar-refractivity contribution is 5.97. The molecule has 0 bridgehead atoms. The maximum atomic E-state index is 12.4. The SMILES string of the molecule is COc1ccc(C(C)=O)c(O[C@@H](C)C(=O)N[C@@H](C)c2ccccc2)c1. The highest BCUT2D eigenvalue weighted by Crippen LogP contribution is 2.26. The Morgan fingerprint density at radius 2 is 1.72 bits per heavy atom. The van der Waals surface area contributed by atoms with Crippen molar-refractivity contribution >= 4 is 11.7 Å². The van der Waals surface area contributed by atoms with E-state index >= 15 is 0 Å². The third-order valence-corrected chi connectivity index (χ3v) is 3.90. The van der Waals surface area contributed by atoms with Crippen molar-refractivity contribution in [3.05, 3.63) is 59.7 Å². The highest BCUT2D eigenvalue weighted by atomic mass is 16.5. The minimum atomic E-state index is -0.753. The van der Waals surface area contributed by atoms with Crippen molar-refractivity contribution in [3.8, 4) is 11.5 Å². The van der Waals surface area contributed by atoms with Gasteiger partial charge >= 0.3 is 0 Å². The second-order valence-electron chi connectivity index (χ2n) is 5.82. The van der Waals surface area contributed by atoms with Crippen LogP contribution in [0, 0.1) is 0 Å². The van der Waals surface area contributed by atoms with Crippen molar-refractivity contribution < 1.29 is 19.1 Å². The largest absolute Gasteiger partial charge is 0.497 e. The average molecular weight is 341 g/mol. The molecule has 2 rings (SSSR count). The molecule has 0 saturated heterocycles. The van der Waals surface area contributed by atoms with Gasteiger partial charge in [0.05, 0.1) is 18.7 Å². The van der Waals surface area contributed by atoms with E-state index in [1.165, 1.54) is 14.0 Å². The van der Waals surface area contributed by atoms with Crippen molar-refractivity contribution in [2.24, 2.45) is 0 Å². The lowest BCUT2D eigenvalue weighted by Gasteiger charge is -2.20. The minimum absolute atomic E-state index is 0.136. The number of hydrogen-bond acceptors (Lipinski definition) is 4. The summed E-state index contributed by atoms with van der Waals surface area (Å²) in [5, 5.41) is 2.91. The van der Waals surface area contributed by atoms with Crippen LogP contribution in [0.2, 0.25) is 0 Å². The topological polar surface area (TPSA) is 64.6 Å². The molecule has 2 atom stereocenters. The Kier molecular flexibility index (Phi) is 6.17. The molecule has 5 nitrogen and oxygen atoms in total. The van der Waals surface area contributed by atoms with Gasteiger partial charge in [0.15, 0.2) is 11.9 Å². The van der Waals surface area contributed by atoms with Crippen LogP contribution in [-0.2, 0) is 4.79 Å². The van der Waals surface area contributed by atoms with E-state index in [0.717, 1.165) is 5.56 Å². The van der Waals surface area contributed by atoms with Gasteiger partial charge in [-0.3, -0.25) is 9.59 Å². The number of amides is 1. The summed E-state index contributed by atoms with van der Waals surface area (Å²) >= 11 is 0. The highest BCUT2D eigenvalue weighted by Gasteiger charge is 2.20. The molecule has 0 fully saturated rings. The van der Waals surface area contributed by atoms with Gasteiger partial charge in [0.2, 0.25) is 0 Å². The fourth-order valence-corrected chi connectivity index (χ4v) is 2.42. The van der Waals surface area contributed by atoms with Crippen LogP contribution in [0.3, 0.4) is 0 Å². The Labute approximate surface area is 148 Å².